The Morgan fingerprint density at radius 3 is 2.69 bits per heavy atom. The number of hydrogen-bond acceptors (Lipinski definition) is 4. The number of fused-ring (bicyclic) bond motifs is 2. The molecule has 1 aliphatic rings. The molecule has 0 unspecified atom stereocenters. The Morgan fingerprint density at radius 2 is 1.94 bits per heavy atom. The number of ether oxygens (including phenoxy) is 1. The number of aryl methyl sites for hydroxylation is 1. The highest BCUT2D eigenvalue weighted by Gasteiger charge is 2.44. The lowest BCUT2D eigenvalue weighted by molar-refractivity contribution is 0.0727. The van der Waals surface area contributed by atoms with E-state index in [4.69, 9.17) is 4.74 Å². The monoisotopic (exact) mass is 468 g/mol. The molecule has 0 radical (unpaired) electrons. The predicted molar refractivity (Wildman–Crippen MR) is 139 cm³/mol. The van der Waals surface area contributed by atoms with E-state index in [2.05, 4.69) is 10.1 Å². The Kier molecular flexibility index (Phi) is 5.66. The summed E-state index contributed by atoms with van der Waals surface area (Å²) in [7, 11) is 5.75. The summed E-state index contributed by atoms with van der Waals surface area (Å²) in [6.45, 7) is 4.62. The number of pyridine rings is 1. The van der Waals surface area contributed by atoms with Crippen LogP contribution < -0.4 is 4.74 Å². The number of nitrogens with zero attached hydrogens (tertiary/aromatic N) is 4. The predicted octanol–water partition coefficient (Wildman–Crippen LogP) is 2.84. The van der Waals surface area contributed by atoms with Gasteiger partial charge in [0.15, 0.2) is 0 Å². The Hall–Kier alpha value is -3.61. The first-order valence-corrected chi connectivity index (χ1v) is 11.8. The van der Waals surface area contributed by atoms with Crippen molar-refractivity contribution in [2.24, 2.45) is 13.0 Å². The second kappa shape index (κ2) is 8.56. The van der Waals surface area contributed by atoms with Crippen molar-refractivity contribution in [3.8, 4) is 16.9 Å². The molecule has 6 nitrogen and oxygen atoms in total. The van der Waals surface area contributed by atoms with Crippen molar-refractivity contribution in [3.63, 3.8) is 0 Å². The zero-order valence-electron chi connectivity index (χ0n) is 20.7. The van der Waals surface area contributed by atoms with Crippen molar-refractivity contribution in [2.75, 3.05) is 6.61 Å². The van der Waals surface area contributed by atoms with Gasteiger partial charge in [0.05, 0.1) is 29.9 Å². The summed E-state index contributed by atoms with van der Waals surface area (Å²) in [5.41, 5.74) is 4.10. The highest BCUT2D eigenvalue weighted by molar-refractivity contribution is 6.42. The third-order valence-electron chi connectivity index (χ3n) is 6.53. The molecule has 0 spiro atoms. The van der Waals surface area contributed by atoms with E-state index in [-0.39, 0.29) is 18.4 Å². The van der Waals surface area contributed by atoms with Crippen LogP contribution in [0.15, 0.2) is 54.9 Å². The van der Waals surface area contributed by atoms with Crippen LogP contribution in [0, 0.1) is 11.7 Å². The van der Waals surface area contributed by atoms with E-state index in [1.54, 1.807) is 27.9 Å². The van der Waals surface area contributed by atoms with Crippen LogP contribution in [0.1, 0.15) is 35.5 Å². The third kappa shape index (κ3) is 4.09. The number of halogens is 1. The average molecular weight is 468 g/mol. The van der Waals surface area contributed by atoms with Crippen LogP contribution in [0.2, 0.25) is 0 Å². The highest BCUT2D eigenvalue weighted by Crippen LogP contribution is 2.38. The topological polar surface area (TPSA) is 60.2 Å². The zero-order valence-corrected chi connectivity index (χ0v) is 20.7. The minimum atomic E-state index is -0.667. The Balaban J connectivity index is 1.56. The van der Waals surface area contributed by atoms with Crippen molar-refractivity contribution >= 4 is 32.5 Å². The van der Waals surface area contributed by atoms with Crippen molar-refractivity contribution in [2.45, 2.75) is 25.7 Å². The molecule has 176 valence electrons. The van der Waals surface area contributed by atoms with E-state index in [0.717, 1.165) is 16.5 Å². The molecule has 0 bridgehead atoms. The Bertz CT molecular complexity index is 1450. The summed E-state index contributed by atoms with van der Waals surface area (Å²) in [6.07, 6.45) is 3.62. The first kappa shape index (κ1) is 23.1. The quantitative estimate of drug-likeness (QED) is 0.409. The van der Waals surface area contributed by atoms with Gasteiger partial charge in [0.25, 0.3) is 5.91 Å². The Labute approximate surface area is 205 Å². The van der Waals surface area contributed by atoms with Gasteiger partial charge in [0.1, 0.15) is 27.3 Å². The number of carbonyl (C=O) groups excluding carboxylic acids is 1. The largest absolute Gasteiger partial charge is 0.493 e. The lowest BCUT2D eigenvalue weighted by Gasteiger charge is -2.33. The maximum Gasteiger partial charge on any atom is 0.255 e. The van der Waals surface area contributed by atoms with Gasteiger partial charge in [0, 0.05) is 35.7 Å². The van der Waals surface area contributed by atoms with E-state index < -0.39 is 11.2 Å². The summed E-state index contributed by atoms with van der Waals surface area (Å²) in [4.78, 5) is 19.4. The molecule has 1 amide bonds. The lowest BCUT2D eigenvalue weighted by Crippen LogP contribution is -2.45. The van der Waals surface area contributed by atoms with Crippen LogP contribution in [0.5, 0.6) is 5.75 Å². The average Bonchev–Trinajstić information content (AvgIpc) is 3.28. The van der Waals surface area contributed by atoms with Crippen molar-refractivity contribution < 1.29 is 13.9 Å². The van der Waals surface area contributed by atoms with E-state index in [0.29, 0.717) is 34.7 Å². The summed E-state index contributed by atoms with van der Waals surface area (Å²) >= 11 is 0. The number of rotatable bonds is 6. The van der Waals surface area contributed by atoms with Gasteiger partial charge in [-0.25, -0.2) is 4.39 Å². The summed E-state index contributed by atoms with van der Waals surface area (Å²) < 4.78 is 23.6. The minimum absolute atomic E-state index is 0.0867. The van der Waals surface area contributed by atoms with Gasteiger partial charge < -0.3 is 9.64 Å². The maximum atomic E-state index is 15.7. The second-order valence-corrected chi connectivity index (χ2v) is 10.1. The normalized spacial score (nSPS) is 14.7. The van der Waals surface area contributed by atoms with Gasteiger partial charge in [-0.15, -0.1) is 0 Å². The van der Waals surface area contributed by atoms with Crippen LogP contribution in [-0.4, -0.2) is 47.9 Å². The lowest BCUT2D eigenvalue weighted by atomic mass is 9.59. The molecule has 2 aromatic carbocycles. The summed E-state index contributed by atoms with van der Waals surface area (Å²) in [5, 5.41) is 4.73. The van der Waals surface area contributed by atoms with Crippen LogP contribution in [0.3, 0.4) is 0 Å². The van der Waals surface area contributed by atoms with E-state index in [9.17, 15) is 4.79 Å². The molecule has 4 aromatic rings. The maximum absolute atomic E-state index is 15.7. The fraction of sp³-hybridized carbons (Fsp3) is 0.269. The van der Waals surface area contributed by atoms with E-state index >= 15 is 4.39 Å². The second-order valence-electron chi connectivity index (χ2n) is 10.1. The molecule has 0 atom stereocenters. The molecule has 9 heteroatoms. The van der Waals surface area contributed by atoms with Crippen LogP contribution in [-0.2, 0) is 18.9 Å². The van der Waals surface area contributed by atoms with Gasteiger partial charge in [-0.1, -0.05) is 19.9 Å². The fourth-order valence-corrected chi connectivity index (χ4v) is 4.67. The molecule has 0 aliphatic carbocycles. The van der Waals surface area contributed by atoms with Gasteiger partial charge in [-0.3, -0.25) is 14.5 Å². The van der Waals surface area contributed by atoms with Crippen molar-refractivity contribution in [1.29, 1.82) is 0 Å². The first-order valence-electron chi connectivity index (χ1n) is 11.8. The molecule has 0 saturated carbocycles. The smallest absolute Gasteiger partial charge is 0.255 e. The van der Waals surface area contributed by atoms with Gasteiger partial charge >= 0.3 is 0 Å². The molecular formula is C26H27B2FN4O2. The molecule has 5 rings (SSSR count). The summed E-state index contributed by atoms with van der Waals surface area (Å²) in [6, 6.07) is 12.8. The van der Waals surface area contributed by atoms with Gasteiger partial charge in [-0.2, -0.15) is 5.10 Å². The van der Waals surface area contributed by atoms with Gasteiger partial charge in [-0.05, 0) is 53.4 Å². The highest BCUT2D eigenvalue weighted by atomic mass is 19.1. The van der Waals surface area contributed by atoms with E-state index in [1.165, 1.54) is 6.07 Å². The Morgan fingerprint density at radius 1 is 1.14 bits per heavy atom. The number of carbonyl (C=O) groups is 1. The molecule has 0 N–H and O–H groups in total. The number of amides is 1. The van der Waals surface area contributed by atoms with Crippen molar-refractivity contribution in [3.05, 3.63) is 77.5 Å². The van der Waals surface area contributed by atoms with Crippen molar-refractivity contribution in [1.82, 2.24) is 19.7 Å². The molecular weight excluding hydrogens is 441 g/mol. The third-order valence-corrected chi connectivity index (χ3v) is 6.53. The minimum Gasteiger partial charge on any atom is -0.493 e. The molecule has 35 heavy (non-hydrogen) atoms. The molecule has 1 aliphatic heterocycles. The number of aromatic nitrogens is 3. The van der Waals surface area contributed by atoms with Gasteiger partial charge in [0.2, 0.25) is 0 Å². The fourth-order valence-electron chi connectivity index (χ4n) is 4.67. The number of hydrogen-bond donors (Lipinski definition) is 0. The van der Waals surface area contributed by atoms with Crippen LogP contribution in [0.4, 0.5) is 4.39 Å². The standard InChI is InChI=1S/C26H27B2FN4O2/c1-15(2)14-35-23-11-17(16-6-7-22-18(9-16)12-32(3)31-22)10-21(29)20(23)13-33-25(34)19-5-4-8-30-24(19)26(33,27)28/h4-12,15H,13-14,27-28H2,1-3H3. The molecule has 2 aromatic heterocycles. The van der Waals surface area contributed by atoms with E-state index in [1.807, 2.05) is 67.1 Å². The SMILES string of the molecule is BC1(B)c2ncccc2C(=O)N1Cc1c(F)cc(-c2ccc3nn(C)cc3c2)cc1OCC(C)C. The number of benzene rings is 2. The first-order chi connectivity index (χ1) is 16.6. The summed E-state index contributed by atoms with van der Waals surface area (Å²) in [5.74, 6) is 0.158. The van der Waals surface area contributed by atoms with Crippen LogP contribution in [0.25, 0.3) is 22.0 Å². The molecule has 0 saturated heterocycles. The zero-order chi connectivity index (χ0) is 24.9. The molecule has 3 heterocycles. The molecule has 0 fully saturated rings. The van der Waals surface area contributed by atoms with Crippen LogP contribution >= 0.6 is 0 Å².